The van der Waals surface area contributed by atoms with Crippen molar-refractivity contribution in [1.29, 1.82) is 0 Å². The molecule has 1 unspecified atom stereocenters. The third kappa shape index (κ3) is 1.78. The normalized spacial score (nSPS) is 13.0. The van der Waals surface area contributed by atoms with Crippen LogP contribution in [0.3, 0.4) is 0 Å². The second kappa shape index (κ2) is 3.60. The Hall–Kier alpha value is -1.00. The molecule has 0 bridgehead atoms. The van der Waals surface area contributed by atoms with Gasteiger partial charge in [-0.1, -0.05) is 0 Å². The van der Waals surface area contributed by atoms with Crippen molar-refractivity contribution in [3.05, 3.63) is 23.3 Å². The van der Waals surface area contributed by atoms with Crippen molar-refractivity contribution in [3.63, 3.8) is 0 Å². The molecule has 1 rings (SSSR count). The average Bonchev–Trinajstić information content (AvgIpc) is 2.03. The van der Waals surface area contributed by atoms with Crippen molar-refractivity contribution >= 4 is 0 Å². The molecule has 0 amide bonds. The number of rotatable bonds is 2. The first kappa shape index (κ1) is 9.09. The molecule has 1 atom stereocenters. The summed E-state index contributed by atoms with van der Waals surface area (Å²) in [5, 5.41) is 9.26. The minimum absolute atomic E-state index is 0.334. The van der Waals surface area contributed by atoms with Crippen LogP contribution >= 0.6 is 0 Å². The fourth-order valence-corrected chi connectivity index (χ4v) is 1.03. The minimum Gasteiger partial charge on any atom is -0.389 e. The van der Waals surface area contributed by atoms with E-state index in [1.807, 2.05) is 6.92 Å². The van der Waals surface area contributed by atoms with Crippen LogP contribution in [0.15, 0.2) is 6.20 Å². The Morgan fingerprint density at radius 3 is 2.75 bits per heavy atom. The monoisotopic (exact) mass is 167 g/mol. The molecular weight excluding hydrogens is 154 g/mol. The van der Waals surface area contributed by atoms with Gasteiger partial charge in [0.15, 0.2) is 0 Å². The molecule has 0 aliphatic heterocycles. The number of hydrogen-bond donors (Lipinski definition) is 2. The first-order chi connectivity index (χ1) is 5.65. The highest BCUT2D eigenvalue weighted by molar-refractivity contribution is 5.18. The molecule has 0 spiro atoms. The van der Waals surface area contributed by atoms with Gasteiger partial charge in [-0.25, -0.2) is 9.97 Å². The van der Waals surface area contributed by atoms with Crippen LogP contribution in [-0.2, 0) is 6.54 Å². The highest BCUT2D eigenvalue weighted by Gasteiger charge is 2.06. The quantitative estimate of drug-likeness (QED) is 0.664. The van der Waals surface area contributed by atoms with Crippen LogP contribution in [0.25, 0.3) is 0 Å². The van der Waals surface area contributed by atoms with Crippen LogP contribution in [0.2, 0.25) is 0 Å². The Labute approximate surface area is 71.5 Å². The zero-order chi connectivity index (χ0) is 9.14. The van der Waals surface area contributed by atoms with E-state index in [2.05, 4.69) is 9.97 Å². The van der Waals surface area contributed by atoms with Gasteiger partial charge in [0.25, 0.3) is 0 Å². The van der Waals surface area contributed by atoms with Crippen molar-refractivity contribution < 1.29 is 5.11 Å². The Kier molecular flexibility index (Phi) is 2.73. The zero-order valence-corrected chi connectivity index (χ0v) is 7.28. The second-order valence-corrected chi connectivity index (χ2v) is 2.71. The Bertz CT molecular complexity index is 273. The maximum atomic E-state index is 9.26. The predicted molar refractivity (Wildman–Crippen MR) is 45.3 cm³/mol. The summed E-state index contributed by atoms with van der Waals surface area (Å²) in [6.45, 7) is 3.86. The van der Waals surface area contributed by atoms with Gasteiger partial charge < -0.3 is 10.8 Å². The van der Waals surface area contributed by atoms with Gasteiger partial charge in [-0.05, 0) is 13.8 Å². The van der Waals surface area contributed by atoms with Gasteiger partial charge in [0.1, 0.15) is 5.82 Å². The molecule has 0 radical (unpaired) electrons. The van der Waals surface area contributed by atoms with Crippen molar-refractivity contribution in [2.75, 3.05) is 0 Å². The third-order valence-corrected chi connectivity index (χ3v) is 1.70. The summed E-state index contributed by atoms with van der Waals surface area (Å²) in [4.78, 5) is 8.10. The van der Waals surface area contributed by atoms with E-state index in [4.69, 9.17) is 5.73 Å². The molecule has 66 valence electrons. The van der Waals surface area contributed by atoms with E-state index in [-0.39, 0.29) is 0 Å². The average molecular weight is 167 g/mol. The fraction of sp³-hybridized carbons (Fsp3) is 0.500. The van der Waals surface area contributed by atoms with Crippen LogP contribution in [0.4, 0.5) is 0 Å². The van der Waals surface area contributed by atoms with Gasteiger partial charge >= 0.3 is 0 Å². The molecule has 0 saturated carbocycles. The van der Waals surface area contributed by atoms with Crippen LogP contribution < -0.4 is 5.73 Å². The summed E-state index contributed by atoms with van der Waals surface area (Å²) < 4.78 is 0. The fourth-order valence-electron chi connectivity index (χ4n) is 1.03. The number of aromatic nitrogens is 2. The topological polar surface area (TPSA) is 72.0 Å². The minimum atomic E-state index is -0.517. The molecule has 1 aromatic rings. The molecule has 12 heavy (non-hydrogen) atoms. The molecule has 3 N–H and O–H groups in total. The van der Waals surface area contributed by atoms with Gasteiger partial charge in [-0.15, -0.1) is 0 Å². The van der Waals surface area contributed by atoms with Crippen molar-refractivity contribution in [2.24, 2.45) is 5.73 Å². The van der Waals surface area contributed by atoms with E-state index >= 15 is 0 Å². The molecule has 4 heteroatoms. The standard InChI is InChI=1S/C8H13N3O/c1-5-7(6(2)12)4-10-8(3-9)11-5/h4,6,12H,3,9H2,1-2H3. The summed E-state index contributed by atoms with van der Waals surface area (Å²) >= 11 is 0. The number of aliphatic hydroxyl groups excluding tert-OH is 1. The van der Waals surface area contributed by atoms with Gasteiger partial charge in [0, 0.05) is 17.5 Å². The summed E-state index contributed by atoms with van der Waals surface area (Å²) in [5.41, 5.74) is 6.91. The zero-order valence-electron chi connectivity index (χ0n) is 7.28. The lowest BCUT2D eigenvalue weighted by atomic mass is 10.1. The smallest absolute Gasteiger partial charge is 0.142 e. The number of aryl methyl sites for hydroxylation is 1. The summed E-state index contributed by atoms with van der Waals surface area (Å²) in [6.07, 6.45) is 1.10. The molecule has 4 nitrogen and oxygen atoms in total. The Morgan fingerprint density at radius 2 is 2.33 bits per heavy atom. The van der Waals surface area contributed by atoms with Crippen LogP contribution in [0.1, 0.15) is 30.1 Å². The van der Waals surface area contributed by atoms with E-state index in [1.165, 1.54) is 0 Å². The summed E-state index contributed by atoms with van der Waals surface area (Å²) in [5.74, 6) is 0.608. The van der Waals surface area contributed by atoms with Crippen molar-refractivity contribution in [2.45, 2.75) is 26.5 Å². The number of hydrogen-bond acceptors (Lipinski definition) is 4. The highest BCUT2D eigenvalue weighted by atomic mass is 16.3. The number of aliphatic hydroxyl groups is 1. The predicted octanol–water partition coefficient (Wildman–Crippen LogP) is 0.297. The van der Waals surface area contributed by atoms with Crippen LogP contribution in [-0.4, -0.2) is 15.1 Å². The lowest BCUT2D eigenvalue weighted by Gasteiger charge is -2.07. The van der Waals surface area contributed by atoms with Gasteiger partial charge in [-0.2, -0.15) is 0 Å². The molecule has 0 aliphatic rings. The molecule has 0 fully saturated rings. The molecule has 0 aromatic carbocycles. The van der Waals surface area contributed by atoms with Gasteiger partial charge in [-0.3, -0.25) is 0 Å². The van der Waals surface area contributed by atoms with Crippen LogP contribution in [0, 0.1) is 6.92 Å². The molecular formula is C8H13N3O. The SMILES string of the molecule is Cc1nc(CN)ncc1C(C)O. The second-order valence-electron chi connectivity index (χ2n) is 2.71. The first-order valence-electron chi connectivity index (χ1n) is 3.85. The molecule has 1 aromatic heterocycles. The summed E-state index contributed by atoms with van der Waals surface area (Å²) in [7, 11) is 0. The van der Waals surface area contributed by atoms with Crippen molar-refractivity contribution in [1.82, 2.24) is 9.97 Å². The maximum absolute atomic E-state index is 9.26. The third-order valence-electron chi connectivity index (χ3n) is 1.70. The van der Waals surface area contributed by atoms with E-state index in [0.29, 0.717) is 12.4 Å². The van der Waals surface area contributed by atoms with E-state index in [9.17, 15) is 5.11 Å². The molecule has 0 saturated heterocycles. The van der Waals surface area contributed by atoms with E-state index in [1.54, 1.807) is 13.1 Å². The highest BCUT2D eigenvalue weighted by Crippen LogP contribution is 2.13. The molecule has 1 heterocycles. The largest absolute Gasteiger partial charge is 0.389 e. The Balaban J connectivity index is 3.03. The number of nitrogens with zero attached hydrogens (tertiary/aromatic N) is 2. The van der Waals surface area contributed by atoms with Gasteiger partial charge in [0.05, 0.1) is 12.6 Å². The maximum Gasteiger partial charge on any atom is 0.142 e. The lowest BCUT2D eigenvalue weighted by molar-refractivity contribution is 0.197. The first-order valence-corrected chi connectivity index (χ1v) is 3.85. The van der Waals surface area contributed by atoms with Crippen molar-refractivity contribution in [3.8, 4) is 0 Å². The summed E-state index contributed by atoms with van der Waals surface area (Å²) in [6, 6.07) is 0. The van der Waals surface area contributed by atoms with Crippen LogP contribution in [0.5, 0.6) is 0 Å². The van der Waals surface area contributed by atoms with E-state index in [0.717, 1.165) is 11.3 Å². The number of nitrogens with two attached hydrogens (primary N) is 1. The lowest BCUT2D eigenvalue weighted by Crippen LogP contribution is -2.07. The van der Waals surface area contributed by atoms with Gasteiger partial charge in [0.2, 0.25) is 0 Å². The molecule has 0 aliphatic carbocycles. The van der Waals surface area contributed by atoms with E-state index < -0.39 is 6.10 Å². The Morgan fingerprint density at radius 1 is 1.67 bits per heavy atom.